The number of rotatable bonds is 6. The first-order valence-corrected chi connectivity index (χ1v) is 5.45. The first kappa shape index (κ1) is 15.4. The van der Waals surface area contributed by atoms with Crippen molar-refractivity contribution >= 4 is 17.7 Å². The molecule has 0 aromatic heterocycles. The standard InChI is InChI=1S/C10H19N3O4/c1-3-8(6-14)13-10(17)9(16)12-5-4-11-7(2)15/h8,14H,3-6H2,1-2H3,(H,11,15)(H,12,16)(H,13,17). The minimum Gasteiger partial charge on any atom is -0.394 e. The summed E-state index contributed by atoms with van der Waals surface area (Å²) >= 11 is 0. The van der Waals surface area contributed by atoms with Crippen LogP contribution in [0.4, 0.5) is 0 Å². The van der Waals surface area contributed by atoms with Crippen molar-refractivity contribution in [2.24, 2.45) is 0 Å². The molecule has 0 saturated carbocycles. The van der Waals surface area contributed by atoms with Crippen LogP contribution in [0.15, 0.2) is 0 Å². The molecule has 0 rings (SSSR count). The van der Waals surface area contributed by atoms with Gasteiger partial charge in [0.15, 0.2) is 0 Å². The maximum atomic E-state index is 11.3. The van der Waals surface area contributed by atoms with Crippen LogP contribution < -0.4 is 16.0 Å². The number of amides is 3. The molecule has 0 radical (unpaired) electrons. The number of carbonyl (C=O) groups excluding carboxylic acids is 3. The average molecular weight is 245 g/mol. The highest BCUT2D eigenvalue weighted by Crippen LogP contribution is 1.88. The topological polar surface area (TPSA) is 108 Å². The van der Waals surface area contributed by atoms with Gasteiger partial charge in [-0.2, -0.15) is 0 Å². The normalized spacial score (nSPS) is 11.5. The first-order chi connectivity index (χ1) is 8.01. The van der Waals surface area contributed by atoms with E-state index in [9.17, 15) is 14.4 Å². The van der Waals surface area contributed by atoms with Crippen LogP contribution in [0.2, 0.25) is 0 Å². The fourth-order valence-corrected chi connectivity index (χ4v) is 1.02. The summed E-state index contributed by atoms with van der Waals surface area (Å²) < 4.78 is 0. The second-order valence-corrected chi connectivity index (χ2v) is 3.50. The van der Waals surface area contributed by atoms with Crippen molar-refractivity contribution in [1.82, 2.24) is 16.0 Å². The number of aliphatic hydroxyl groups excluding tert-OH is 1. The van der Waals surface area contributed by atoms with E-state index in [2.05, 4.69) is 16.0 Å². The van der Waals surface area contributed by atoms with Crippen LogP contribution in [-0.2, 0) is 14.4 Å². The molecule has 0 aliphatic heterocycles. The summed E-state index contributed by atoms with van der Waals surface area (Å²) in [5.74, 6) is -1.76. The van der Waals surface area contributed by atoms with E-state index in [-0.39, 0.29) is 25.6 Å². The minimum absolute atomic E-state index is 0.182. The van der Waals surface area contributed by atoms with Crippen LogP contribution >= 0.6 is 0 Å². The third-order valence-corrected chi connectivity index (χ3v) is 2.04. The first-order valence-electron chi connectivity index (χ1n) is 5.45. The molecule has 0 aliphatic rings. The molecule has 4 N–H and O–H groups in total. The van der Waals surface area contributed by atoms with E-state index in [0.717, 1.165) is 0 Å². The van der Waals surface area contributed by atoms with Crippen LogP contribution in [-0.4, -0.2) is 48.6 Å². The van der Waals surface area contributed by atoms with Gasteiger partial charge in [-0.05, 0) is 6.42 Å². The Morgan fingerprint density at radius 1 is 1.12 bits per heavy atom. The molecule has 0 fully saturated rings. The highest BCUT2D eigenvalue weighted by Gasteiger charge is 2.16. The van der Waals surface area contributed by atoms with Gasteiger partial charge >= 0.3 is 11.8 Å². The van der Waals surface area contributed by atoms with Crippen molar-refractivity contribution in [3.63, 3.8) is 0 Å². The van der Waals surface area contributed by atoms with E-state index in [1.807, 2.05) is 0 Å². The summed E-state index contributed by atoms with van der Waals surface area (Å²) in [4.78, 5) is 33.0. The third kappa shape index (κ3) is 7.29. The molecule has 7 nitrogen and oxygen atoms in total. The van der Waals surface area contributed by atoms with Gasteiger partial charge in [-0.3, -0.25) is 14.4 Å². The molecule has 1 unspecified atom stereocenters. The lowest BCUT2D eigenvalue weighted by Crippen LogP contribution is -2.47. The van der Waals surface area contributed by atoms with Crippen molar-refractivity contribution in [2.75, 3.05) is 19.7 Å². The summed E-state index contributed by atoms with van der Waals surface area (Å²) in [5.41, 5.74) is 0. The number of aliphatic hydroxyl groups is 1. The maximum absolute atomic E-state index is 11.3. The van der Waals surface area contributed by atoms with Crippen molar-refractivity contribution in [2.45, 2.75) is 26.3 Å². The lowest BCUT2D eigenvalue weighted by Gasteiger charge is -2.13. The zero-order valence-electron chi connectivity index (χ0n) is 10.1. The quantitative estimate of drug-likeness (QED) is 0.324. The van der Waals surface area contributed by atoms with Crippen molar-refractivity contribution in [3.05, 3.63) is 0 Å². The predicted molar refractivity (Wildman–Crippen MR) is 61.0 cm³/mol. The van der Waals surface area contributed by atoms with Gasteiger partial charge in [-0.25, -0.2) is 0 Å². The van der Waals surface area contributed by atoms with Crippen LogP contribution in [0.5, 0.6) is 0 Å². The Labute approximate surface area is 100.0 Å². The van der Waals surface area contributed by atoms with Gasteiger partial charge in [0.2, 0.25) is 5.91 Å². The summed E-state index contributed by atoms with van der Waals surface area (Å²) in [6.07, 6.45) is 0.543. The zero-order valence-corrected chi connectivity index (χ0v) is 10.1. The van der Waals surface area contributed by atoms with E-state index in [1.165, 1.54) is 6.92 Å². The highest BCUT2D eigenvalue weighted by molar-refractivity contribution is 6.35. The summed E-state index contributed by atoms with van der Waals surface area (Å²) in [6, 6.07) is -0.413. The fourth-order valence-electron chi connectivity index (χ4n) is 1.02. The van der Waals surface area contributed by atoms with Gasteiger partial charge in [-0.1, -0.05) is 6.92 Å². The smallest absolute Gasteiger partial charge is 0.309 e. The molecule has 17 heavy (non-hydrogen) atoms. The van der Waals surface area contributed by atoms with Gasteiger partial charge in [0, 0.05) is 20.0 Å². The minimum atomic E-state index is -0.784. The molecule has 0 saturated heterocycles. The Kier molecular flexibility index (Phi) is 7.70. The molecule has 98 valence electrons. The van der Waals surface area contributed by atoms with Crippen molar-refractivity contribution < 1.29 is 19.5 Å². The van der Waals surface area contributed by atoms with Gasteiger partial charge in [0.25, 0.3) is 0 Å². The Morgan fingerprint density at radius 3 is 2.18 bits per heavy atom. The molecule has 0 aromatic carbocycles. The van der Waals surface area contributed by atoms with E-state index in [4.69, 9.17) is 5.11 Å². The molecule has 0 spiro atoms. The van der Waals surface area contributed by atoms with Crippen LogP contribution in [0.1, 0.15) is 20.3 Å². The monoisotopic (exact) mass is 245 g/mol. The van der Waals surface area contributed by atoms with Crippen LogP contribution in [0.3, 0.4) is 0 Å². The Balaban J connectivity index is 3.82. The average Bonchev–Trinajstić information content (AvgIpc) is 2.30. The Hall–Kier alpha value is -1.63. The van der Waals surface area contributed by atoms with Gasteiger partial charge < -0.3 is 21.1 Å². The summed E-state index contributed by atoms with van der Waals surface area (Å²) in [6.45, 7) is 3.40. The molecular formula is C10H19N3O4. The van der Waals surface area contributed by atoms with E-state index >= 15 is 0 Å². The molecule has 3 amide bonds. The highest BCUT2D eigenvalue weighted by atomic mass is 16.3. The number of hydrogen-bond donors (Lipinski definition) is 4. The molecule has 7 heteroatoms. The van der Waals surface area contributed by atoms with Gasteiger partial charge in [0.1, 0.15) is 0 Å². The molecular weight excluding hydrogens is 226 g/mol. The fraction of sp³-hybridized carbons (Fsp3) is 0.700. The summed E-state index contributed by atoms with van der Waals surface area (Å²) in [5, 5.41) is 16.0. The molecule has 0 aromatic rings. The van der Waals surface area contributed by atoms with Crippen molar-refractivity contribution in [3.8, 4) is 0 Å². The SMILES string of the molecule is CCC(CO)NC(=O)C(=O)NCCNC(C)=O. The van der Waals surface area contributed by atoms with E-state index in [1.54, 1.807) is 6.92 Å². The molecule has 0 aliphatic carbocycles. The summed E-state index contributed by atoms with van der Waals surface area (Å²) in [7, 11) is 0. The Morgan fingerprint density at radius 2 is 1.71 bits per heavy atom. The zero-order chi connectivity index (χ0) is 13.3. The second kappa shape index (κ2) is 8.51. The number of hydrogen-bond acceptors (Lipinski definition) is 4. The number of carbonyl (C=O) groups is 3. The third-order valence-electron chi connectivity index (χ3n) is 2.04. The molecule has 0 bridgehead atoms. The largest absolute Gasteiger partial charge is 0.394 e. The van der Waals surface area contributed by atoms with Gasteiger partial charge in [-0.15, -0.1) is 0 Å². The Bertz CT molecular complexity index is 277. The van der Waals surface area contributed by atoms with E-state index in [0.29, 0.717) is 6.42 Å². The maximum Gasteiger partial charge on any atom is 0.309 e. The molecule has 1 atom stereocenters. The number of nitrogens with one attached hydrogen (secondary N) is 3. The van der Waals surface area contributed by atoms with Crippen molar-refractivity contribution in [1.29, 1.82) is 0 Å². The van der Waals surface area contributed by atoms with Crippen LogP contribution in [0.25, 0.3) is 0 Å². The van der Waals surface area contributed by atoms with Crippen LogP contribution in [0, 0.1) is 0 Å². The lowest BCUT2D eigenvalue weighted by molar-refractivity contribution is -0.139. The lowest BCUT2D eigenvalue weighted by atomic mass is 10.2. The predicted octanol–water partition coefficient (Wildman–Crippen LogP) is -1.87. The molecule has 0 heterocycles. The van der Waals surface area contributed by atoms with Gasteiger partial charge in [0.05, 0.1) is 12.6 Å². The second-order valence-electron chi connectivity index (χ2n) is 3.50. The van der Waals surface area contributed by atoms with E-state index < -0.39 is 17.9 Å².